The summed E-state index contributed by atoms with van der Waals surface area (Å²) in [4.78, 5) is 4.56. The lowest BCUT2D eigenvalue weighted by Gasteiger charge is -2.13. The SMILES string of the molecule is Cc1nc(SCc2c(Cl)ccc3c2CCNCC3)cn1C. The average Bonchev–Trinajstić information content (AvgIpc) is 2.67. The van der Waals surface area contributed by atoms with E-state index in [2.05, 4.69) is 27.1 Å². The molecule has 2 aromatic rings. The fourth-order valence-electron chi connectivity index (χ4n) is 2.72. The minimum absolute atomic E-state index is 0.885. The number of nitrogens with one attached hydrogen (secondary N) is 1. The van der Waals surface area contributed by atoms with Crippen molar-refractivity contribution in [2.45, 2.75) is 30.5 Å². The van der Waals surface area contributed by atoms with Crippen molar-refractivity contribution < 1.29 is 0 Å². The Labute approximate surface area is 135 Å². The van der Waals surface area contributed by atoms with Gasteiger partial charge in [-0.1, -0.05) is 17.7 Å². The smallest absolute Gasteiger partial charge is 0.115 e. The predicted molar refractivity (Wildman–Crippen MR) is 89.2 cm³/mol. The normalized spacial score (nSPS) is 14.8. The summed E-state index contributed by atoms with van der Waals surface area (Å²) >= 11 is 8.22. The summed E-state index contributed by atoms with van der Waals surface area (Å²) < 4.78 is 2.05. The second-order valence-electron chi connectivity index (χ2n) is 5.44. The minimum atomic E-state index is 0.885. The maximum atomic E-state index is 6.46. The molecule has 1 aliphatic rings. The average molecular weight is 322 g/mol. The number of benzene rings is 1. The summed E-state index contributed by atoms with van der Waals surface area (Å²) in [5.74, 6) is 1.93. The number of nitrogens with zero attached hydrogens (tertiary/aromatic N) is 2. The van der Waals surface area contributed by atoms with E-state index in [0.29, 0.717) is 0 Å². The van der Waals surface area contributed by atoms with E-state index in [4.69, 9.17) is 11.6 Å². The Morgan fingerprint density at radius 1 is 1.33 bits per heavy atom. The van der Waals surface area contributed by atoms with E-state index in [1.165, 1.54) is 16.7 Å². The lowest BCUT2D eigenvalue weighted by atomic mass is 9.98. The van der Waals surface area contributed by atoms with Gasteiger partial charge < -0.3 is 9.88 Å². The third kappa shape index (κ3) is 3.28. The molecule has 0 bridgehead atoms. The van der Waals surface area contributed by atoms with E-state index >= 15 is 0 Å². The first-order valence-electron chi connectivity index (χ1n) is 7.28. The molecule has 1 aromatic heterocycles. The van der Waals surface area contributed by atoms with Crippen LogP contribution in [0.2, 0.25) is 5.02 Å². The Balaban J connectivity index is 1.84. The van der Waals surface area contributed by atoms with Gasteiger partial charge in [-0.2, -0.15) is 0 Å². The maximum Gasteiger partial charge on any atom is 0.115 e. The van der Waals surface area contributed by atoms with Crippen LogP contribution in [0, 0.1) is 6.92 Å². The molecule has 0 amide bonds. The van der Waals surface area contributed by atoms with Gasteiger partial charge in [0, 0.05) is 24.0 Å². The molecule has 0 fully saturated rings. The van der Waals surface area contributed by atoms with Crippen LogP contribution >= 0.6 is 23.4 Å². The zero-order valence-electron chi connectivity index (χ0n) is 12.4. The number of aromatic nitrogens is 2. The third-order valence-corrected chi connectivity index (χ3v) is 5.32. The number of fused-ring (bicyclic) bond motifs is 1. The van der Waals surface area contributed by atoms with Crippen molar-refractivity contribution in [2.24, 2.45) is 7.05 Å². The van der Waals surface area contributed by atoms with E-state index in [1.807, 2.05) is 20.0 Å². The van der Waals surface area contributed by atoms with E-state index in [0.717, 1.165) is 47.6 Å². The molecule has 3 rings (SSSR count). The van der Waals surface area contributed by atoms with Crippen LogP contribution in [0.5, 0.6) is 0 Å². The molecule has 21 heavy (non-hydrogen) atoms. The minimum Gasteiger partial charge on any atom is -0.337 e. The van der Waals surface area contributed by atoms with Gasteiger partial charge in [-0.15, -0.1) is 11.8 Å². The summed E-state index contributed by atoms with van der Waals surface area (Å²) in [6.45, 7) is 4.12. The first-order valence-corrected chi connectivity index (χ1v) is 8.64. The standard InChI is InChI=1S/C16H20ClN3S/c1-11-19-16(9-20(11)2)21-10-14-13-6-8-18-7-5-12(13)3-4-15(14)17/h3-4,9,18H,5-8,10H2,1-2H3. The van der Waals surface area contributed by atoms with Gasteiger partial charge in [0.1, 0.15) is 10.9 Å². The number of rotatable bonds is 3. The van der Waals surface area contributed by atoms with Crippen LogP contribution in [-0.2, 0) is 25.6 Å². The van der Waals surface area contributed by atoms with Crippen molar-refractivity contribution in [3.05, 3.63) is 45.9 Å². The van der Waals surface area contributed by atoms with Gasteiger partial charge in [0.2, 0.25) is 0 Å². The Morgan fingerprint density at radius 2 is 2.14 bits per heavy atom. The van der Waals surface area contributed by atoms with E-state index in [-0.39, 0.29) is 0 Å². The van der Waals surface area contributed by atoms with Crippen LogP contribution < -0.4 is 5.32 Å². The molecule has 0 saturated heterocycles. The van der Waals surface area contributed by atoms with Crippen LogP contribution in [0.3, 0.4) is 0 Å². The Kier molecular flexibility index (Phi) is 4.57. The van der Waals surface area contributed by atoms with Crippen LogP contribution in [0.25, 0.3) is 0 Å². The summed E-state index contributed by atoms with van der Waals surface area (Å²) in [6.07, 6.45) is 4.23. The highest BCUT2D eigenvalue weighted by molar-refractivity contribution is 7.98. The number of hydrogen-bond acceptors (Lipinski definition) is 3. The molecule has 0 spiro atoms. The highest BCUT2D eigenvalue weighted by atomic mass is 35.5. The van der Waals surface area contributed by atoms with Crippen molar-refractivity contribution in [2.75, 3.05) is 13.1 Å². The molecule has 112 valence electrons. The molecule has 3 nitrogen and oxygen atoms in total. The molecule has 5 heteroatoms. The highest BCUT2D eigenvalue weighted by Gasteiger charge is 2.15. The summed E-state index contributed by atoms with van der Waals surface area (Å²) in [6, 6.07) is 4.23. The summed E-state index contributed by atoms with van der Waals surface area (Å²) in [5.41, 5.74) is 4.16. The lowest BCUT2D eigenvalue weighted by molar-refractivity contribution is 0.710. The number of halogens is 1. The molecule has 1 aliphatic heterocycles. The molecule has 1 aromatic carbocycles. The second kappa shape index (κ2) is 6.42. The maximum absolute atomic E-state index is 6.46. The van der Waals surface area contributed by atoms with Crippen molar-refractivity contribution in [3.8, 4) is 0 Å². The second-order valence-corrected chi connectivity index (χ2v) is 6.84. The molecular weight excluding hydrogens is 302 g/mol. The monoisotopic (exact) mass is 321 g/mol. The molecular formula is C16H20ClN3S. The van der Waals surface area contributed by atoms with E-state index < -0.39 is 0 Å². The van der Waals surface area contributed by atoms with Gasteiger partial charge in [0.05, 0.1) is 0 Å². The van der Waals surface area contributed by atoms with Crippen molar-refractivity contribution >= 4 is 23.4 Å². The largest absolute Gasteiger partial charge is 0.337 e. The number of thioether (sulfide) groups is 1. The molecule has 0 unspecified atom stereocenters. The number of aryl methyl sites for hydroxylation is 2. The fourth-order valence-corrected chi connectivity index (χ4v) is 4.09. The molecule has 2 heterocycles. The van der Waals surface area contributed by atoms with Gasteiger partial charge in [0.15, 0.2) is 0 Å². The Morgan fingerprint density at radius 3 is 2.90 bits per heavy atom. The number of imidazole rings is 1. The molecule has 0 saturated carbocycles. The highest BCUT2D eigenvalue weighted by Crippen LogP contribution is 2.31. The van der Waals surface area contributed by atoms with Crippen molar-refractivity contribution in [1.82, 2.24) is 14.9 Å². The van der Waals surface area contributed by atoms with Crippen LogP contribution in [-0.4, -0.2) is 22.6 Å². The zero-order chi connectivity index (χ0) is 14.8. The fraction of sp³-hybridized carbons (Fsp3) is 0.438. The van der Waals surface area contributed by atoms with E-state index in [1.54, 1.807) is 11.8 Å². The van der Waals surface area contributed by atoms with Crippen LogP contribution in [0.1, 0.15) is 22.5 Å². The first kappa shape index (κ1) is 14.9. The molecule has 0 radical (unpaired) electrons. The Hall–Kier alpha value is -0.970. The van der Waals surface area contributed by atoms with Gasteiger partial charge >= 0.3 is 0 Å². The quantitative estimate of drug-likeness (QED) is 0.879. The van der Waals surface area contributed by atoms with Gasteiger partial charge in [-0.25, -0.2) is 4.98 Å². The van der Waals surface area contributed by atoms with Gasteiger partial charge in [-0.3, -0.25) is 0 Å². The summed E-state index contributed by atoms with van der Waals surface area (Å²) in [5, 5.41) is 5.41. The van der Waals surface area contributed by atoms with Gasteiger partial charge in [-0.05, 0) is 55.6 Å². The van der Waals surface area contributed by atoms with Crippen molar-refractivity contribution in [3.63, 3.8) is 0 Å². The predicted octanol–water partition coefficient (Wildman–Crippen LogP) is 3.36. The first-order chi connectivity index (χ1) is 10.1. The lowest BCUT2D eigenvalue weighted by Crippen LogP contribution is -2.16. The summed E-state index contributed by atoms with van der Waals surface area (Å²) in [7, 11) is 2.03. The molecule has 0 aliphatic carbocycles. The third-order valence-electron chi connectivity index (χ3n) is 4.04. The van der Waals surface area contributed by atoms with Crippen LogP contribution in [0.4, 0.5) is 0 Å². The zero-order valence-corrected chi connectivity index (χ0v) is 14.0. The van der Waals surface area contributed by atoms with Crippen molar-refractivity contribution in [1.29, 1.82) is 0 Å². The Bertz CT molecular complexity index is 632. The number of hydrogen-bond donors (Lipinski definition) is 1. The molecule has 0 atom stereocenters. The van der Waals surface area contributed by atoms with Gasteiger partial charge in [0.25, 0.3) is 0 Å². The van der Waals surface area contributed by atoms with Crippen LogP contribution in [0.15, 0.2) is 23.4 Å². The topological polar surface area (TPSA) is 29.9 Å². The van der Waals surface area contributed by atoms with E-state index in [9.17, 15) is 0 Å². The molecule has 1 N–H and O–H groups in total.